The number of aromatic nitrogens is 1. The molecule has 0 fully saturated rings. The van der Waals surface area contributed by atoms with Crippen LogP contribution in [0.25, 0.3) is 0 Å². The number of carbonyl (C=O) groups is 1. The van der Waals surface area contributed by atoms with E-state index in [9.17, 15) is 4.79 Å². The molecule has 1 rings (SSSR count). The maximum atomic E-state index is 11.6. The smallest absolute Gasteiger partial charge is 0.243 e. The lowest BCUT2D eigenvalue weighted by molar-refractivity contribution is -0.127. The molecule has 0 unspecified atom stereocenters. The minimum atomic E-state index is -0.0136. The second-order valence-corrected chi connectivity index (χ2v) is 6.41. The van der Waals surface area contributed by atoms with Crippen LogP contribution in [0.5, 0.6) is 0 Å². The number of hydrogen-bond donors (Lipinski definition) is 2. The molecule has 0 aromatic carbocycles. The third-order valence-electron chi connectivity index (χ3n) is 3.12. The van der Waals surface area contributed by atoms with Crippen molar-refractivity contribution in [3.63, 3.8) is 0 Å². The zero-order valence-corrected chi connectivity index (χ0v) is 15.0. The van der Waals surface area contributed by atoms with E-state index in [1.165, 1.54) is 15.5 Å². The maximum absolute atomic E-state index is 11.6. The van der Waals surface area contributed by atoms with Crippen LogP contribution >= 0.6 is 11.3 Å². The molecule has 0 atom stereocenters. The number of carbonyl (C=O) groups excluding carboxylic acids is 1. The molecule has 1 amide bonds. The highest BCUT2D eigenvalue weighted by atomic mass is 32.1. The Kier molecular flexibility index (Phi) is 7.87. The third kappa shape index (κ3) is 6.01. The summed E-state index contributed by atoms with van der Waals surface area (Å²) >= 11 is 1.75. The lowest BCUT2D eigenvalue weighted by atomic mass is 10.3. The monoisotopic (exact) mass is 325 g/mol. The Morgan fingerprint density at radius 2 is 2.05 bits per heavy atom. The van der Waals surface area contributed by atoms with Crippen molar-refractivity contribution in [3.8, 4) is 0 Å². The molecule has 7 heteroatoms. The Bertz CT molecular complexity index is 510. The molecule has 0 saturated heterocycles. The highest BCUT2D eigenvalue weighted by Crippen LogP contribution is 2.17. The van der Waals surface area contributed by atoms with E-state index >= 15 is 0 Å². The minimum Gasteiger partial charge on any atom is -0.357 e. The van der Waals surface area contributed by atoms with Gasteiger partial charge in [-0.25, -0.2) is 9.98 Å². The molecule has 22 heavy (non-hydrogen) atoms. The van der Waals surface area contributed by atoms with Crippen molar-refractivity contribution in [2.24, 2.45) is 4.99 Å². The van der Waals surface area contributed by atoms with Crippen LogP contribution in [0, 0.1) is 6.92 Å². The van der Waals surface area contributed by atoms with E-state index in [4.69, 9.17) is 0 Å². The van der Waals surface area contributed by atoms with E-state index in [-0.39, 0.29) is 12.5 Å². The summed E-state index contributed by atoms with van der Waals surface area (Å²) in [5.41, 5.74) is 1.19. The van der Waals surface area contributed by atoms with Crippen LogP contribution in [0.15, 0.2) is 4.99 Å². The second kappa shape index (κ2) is 9.40. The van der Waals surface area contributed by atoms with Crippen molar-refractivity contribution in [1.29, 1.82) is 0 Å². The Hall–Kier alpha value is -1.63. The summed E-state index contributed by atoms with van der Waals surface area (Å²) < 4.78 is 0. The molecule has 0 bridgehead atoms. The summed E-state index contributed by atoms with van der Waals surface area (Å²) in [6, 6.07) is 0. The highest BCUT2D eigenvalue weighted by molar-refractivity contribution is 7.11. The molecule has 0 aliphatic carbocycles. The number of hydrogen-bond acceptors (Lipinski definition) is 4. The van der Waals surface area contributed by atoms with E-state index in [1.807, 2.05) is 6.92 Å². The number of amides is 1. The van der Waals surface area contributed by atoms with Gasteiger partial charge in [-0.2, -0.15) is 0 Å². The second-order valence-electron chi connectivity index (χ2n) is 5.12. The van der Waals surface area contributed by atoms with Gasteiger partial charge in [0.15, 0.2) is 5.96 Å². The van der Waals surface area contributed by atoms with Crippen molar-refractivity contribution in [2.45, 2.75) is 33.6 Å². The number of rotatable bonds is 7. The van der Waals surface area contributed by atoms with Gasteiger partial charge >= 0.3 is 0 Å². The summed E-state index contributed by atoms with van der Waals surface area (Å²) in [6.45, 7) is 7.91. The number of guanidine groups is 1. The zero-order valence-electron chi connectivity index (χ0n) is 14.2. The predicted molar refractivity (Wildman–Crippen MR) is 92.6 cm³/mol. The fraction of sp³-hybridized carbons (Fsp3) is 0.667. The van der Waals surface area contributed by atoms with Gasteiger partial charge < -0.3 is 15.5 Å². The normalized spacial score (nSPS) is 11.4. The van der Waals surface area contributed by atoms with Gasteiger partial charge in [-0.15, -0.1) is 11.3 Å². The standard InChI is InChI=1S/C15H27N5OS/c1-6-12-11(3)22-13(19-12)8-9-17-15(16-7-2)18-10-14(21)20(4)5/h6-10H2,1-5H3,(H2,16,17,18). The first-order valence-corrected chi connectivity index (χ1v) is 8.47. The van der Waals surface area contributed by atoms with Crippen molar-refractivity contribution in [2.75, 3.05) is 33.7 Å². The van der Waals surface area contributed by atoms with E-state index in [0.717, 1.165) is 30.9 Å². The summed E-state index contributed by atoms with van der Waals surface area (Å²) in [6.07, 6.45) is 1.84. The summed E-state index contributed by atoms with van der Waals surface area (Å²) in [5, 5.41) is 7.53. The highest BCUT2D eigenvalue weighted by Gasteiger charge is 2.07. The molecule has 0 radical (unpaired) electrons. The maximum Gasteiger partial charge on any atom is 0.243 e. The lowest BCUT2D eigenvalue weighted by Gasteiger charge is -2.12. The van der Waals surface area contributed by atoms with E-state index in [2.05, 4.69) is 34.5 Å². The first-order valence-electron chi connectivity index (χ1n) is 7.65. The van der Waals surface area contributed by atoms with Crippen LogP contribution in [0.4, 0.5) is 0 Å². The number of nitrogens with one attached hydrogen (secondary N) is 2. The predicted octanol–water partition coefficient (Wildman–Crippen LogP) is 1.20. The van der Waals surface area contributed by atoms with Crippen LogP contribution in [0.1, 0.15) is 29.4 Å². The molecule has 0 saturated carbocycles. The number of aliphatic imine (C=N–C) groups is 1. The molecule has 1 aromatic heterocycles. The fourth-order valence-electron chi connectivity index (χ4n) is 1.84. The van der Waals surface area contributed by atoms with Gasteiger partial charge in [-0.1, -0.05) is 6.92 Å². The van der Waals surface area contributed by atoms with Gasteiger partial charge in [0.05, 0.1) is 10.7 Å². The average Bonchev–Trinajstić information content (AvgIpc) is 2.84. The number of aryl methyl sites for hydroxylation is 2. The van der Waals surface area contributed by atoms with Crippen LogP contribution < -0.4 is 10.6 Å². The molecule has 1 heterocycles. The Morgan fingerprint density at radius 1 is 1.32 bits per heavy atom. The number of likely N-dealkylation sites (N-methyl/N-ethyl adjacent to an activating group) is 1. The van der Waals surface area contributed by atoms with Gasteiger partial charge in [-0.3, -0.25) is 4.79 Å². The van der Waals surface area contributed by atoms with Crippen molar-refractivity contribution < 1.29 is 4.79 Å². The molecule has 6 nitrogen and oxygen atoms in total. The number of thiazole rings is 1. The van der Waals surface area contributed by atoms with Crippen molar-refractivity contribution in [1.82, 2.24) is 20.5 Å². The summed E-state index contributed by atoms with van der Waals surface area (Å²) in [5.74, 6) is 0.655. The van der Waals surface area contributed by atoms with Gasteiger partial charge in [0.25, 0.3) is 0 Å². The summed E-state index contributed by atoms with van der Waals surface area (Å²) in [7, 11) is 3.46. The number of nitrogens with zero attached hydrogens (tertiary/aromatic N) is 3. The Labute approximate surface area is 137 Å². The van der Waals surface area contributed by atoms with Gasteiger partial charge in [0.2, 0.25) is 5.91 Å². The molecule has 0 aliphatic rings. The first kappa shape index (κ1) is 18.4. The molecule has 2 N–H and O–H groups in total. The van der Waals surface area contributed by atoms with E-state index in [1.54, 1.807) is 25.4 Å². The largest absolute Gasteiger partial charge is 0.357 e. The van der Waals surface area contributed by atoms with Gasteiger partial charge in [0, 0.05) is 38.5 Å². The van der Waals surface area contributed by atoms with Crippen LogP contribution in [-0.2, 0) is 17.6 Å². The summed E-state index contributed by atoms with van der Waals surface area (Å²) in [4.78, 5) is 23.3. The third-order valence-corrected chi connectivity index (χ3v) is 4.19. The SMILES string of the molecule is CCNC(=NCC(=O)N(C)C)NCCc1nc(CC)c(C)s1. The minimum absolute atomic E-state index is 0.0136. The van der Waals surface area contributed by atoms with Crippen molar-refractivity contribution in [3.05, 3.63) is 15.6 Å². The van der Waals surface area contributed by atoms with Gasteiger partial charge in [0.1, 0.15) is 6.54 Å². The molecular formula is C15H27N5OS. The topological polar surface area (TPSA) is 69.6 Å². The van der Waals surface area contributed by atoms with Crippen LogP contribution in [0.2, 0.25) is 0 Å². The fourth-order valence-corrected chi connectivity index (χ4v) is 2.86. The molecule has 0 aliphatic heterocycles. The quantitative estimate of drug-likeness (QED) is 0.584. The lowest BCUT2D eigenvalue weighted by Crippen LogP contribution is -2.39. The molecular weight excluding hydrogens is 298 g/mol. The van der Waals surface area contributed by atoms with Crippen LogP contribution in [-0.4, -0.2) is 55.5 Å². The zero-order chi connectivity index (χ0) is 16.5. The van der Waals surface area contributed by atoms with Gasteiger partial charge in [-0.05, 0) is 20.3 Å². The molecule has 1 aromatic rings. The average molecular weight is 325 g/mol. The van der Waals surface area contributed by atoms with Crippen LogP contribution in [0.3, 0.4) is 0 Å². The van der Waals surface area contributed by atoms with E-state index < -0.39 is 0 Å². The Morgan fingerprint density at radius 3 is 2.59 bits per heavy atom. The van der Waals surface area contributed by atoms with E-state index in [0.29, 0.717) is 5.96 Å². The Balaban J connectivity index is 2.49. The van der Waals surface area contributed by atoms with Crippen molar-refractivity contribution >= 4 is 23.2 Å². The first-order chi connectivity index (χ1) is 10.5. The molecule has 0 spiro atoms. The molecule has 124 valence electrons.